The molecule has 0 unspecified atom stereocenters. The number of nitrogens with zero attached hydrogens (tertiary/aromatic N) is 1. The highest BCUT2D eigenvalue weighted by Gasteiger charge is 2.34. The maximum Gasteiger partial charge on any atom is 0.312 e. The quantitative estimate of drug-likeness (QED) is 0.591. The van der Waals surface area contributed by atoms with E-state index >= 15 is 0 Å². The standard InChI is InChI=1S/C13H15NO4/c1-17-11-4-3-9(8-15)12(5-11)14-6-10(7-14)13(16)18-2/h3-5,8,10H,6-7H2,1-2H3. The van der Waals surface area contributed by atoms with Gasteiger partial charge in [0.2, 0.25) is 0 Å². The second kappa shape index (κ2) is 5.08. The minimum Gasteiger partial charge on any atom is -0.497 e. The smallest absolute Gasteiger partial charge is 0.312 e. The zero-order valence-corrected chi connectivity index (χ0v) is 10.4. The number of benzene rings is 1. The lowest BCUT2D eigenvalue weighted by Crippen LogP contribution is -2.51. The minimum atomic E-state index is -0.207. The van der Waals surface area contributed by atoms with Gasteiger partial charge in [-0.3, -0.25) is 9.59 Å². The van der Waals surface area contributed by atoms with Crippen LogP contribution in [0.25, 0.3) is 0 Å². The Bertz CT molecular complexity index is 466. The summed E-state index contributed by atoms with van der Waals surface area (Å²) in [6, 6.07) is 5.26. The van der Waals surface area contributed by atoms with Gasteiger partial charge in [0, 0.05) is 24.7 Å². The lowest BCUT2D eigenvalue weighted by Gasteiger charge is -2.39. The summed E-state index contributed by atoms with van der Waals surface area (Å²) in [4.78, 5) is 24.3. The first-order chi connectivity index (χ1) is 8.69. The average Bonchev–Trinajstić information content (AvgIpc) is 2.36. The van der Waals surface area contributed by atoms with Crippen molar-refractivity contribution in [3.63, 3.8) is 0 Å². The van der Waals surface area contributed by atoms with Crippen LogP contribution in [-0.2, 0) is 9.53 Å². The van der Waals surface area contributed by atoms with Gasteiger partial charge in [-0.15, -0.1) is 0 Å². The average molecular weight is 249 g/mol. The maximum absolute atomic E-state index is 11.3. The number of carbonyl (C=O) groups excluding carboxylic acids is 2. The van der Waals surface area contributed by atoms with Crippen LogP contribution < -0.4 is 9.64 Å². The summed E-state index contributed by atoms with van der Waals surface area (Å²) in [7, 11) is 2.96. The predicted molar refractivity (Wildman–Crippen MR) is 66.1 cm³/mol. The Labute approximate surface area is 105 Å². The second-order valence-corrected chi connectivity index (χ2v) is 4.17. The Kier molecular flexibility index (Phi) is 3.50. The molecule has 0 saturated carbocycles. The van der Waals surface area contributed by atoms with Crippen molar-refractivity contribution >= 4 is 17.9 Å². The number of carbonyl (C=O) groups is 2. The molecule has 1 aliphatic rings. The second-order valence-electron chi connectivity index (χ2n) is 4.17. The van der Waals surface area contributed by atoms with Crippen LogP contribution in [0.15, 0.2) is 18.2 Å². The molecule has 0 aromatic heterocycles. The highest BCUT2D eigenvalue weighted by Crippen LogP contribution is 2.31. The molecule has 1 saturated heterocycles. The number of hydrogen-bond donors (Lipinski definition) is 0. The van der Waals surface area contributed by atoms with Crippen LogP contribution in [0.2, 0.25) is 0 Å². The van der Waals surface area contributed by atoms with Crippen molar-refractivity contribution in [1.82, 2.24) is 0 Å². The van der Waals surface area contributed by atoms with E-state index in [0.29, 0.717) is 24.4 Å². The van der Waals surface area contributed by atoms with E-state index in [1.165, 1.54) is 7.11 Å². The molecule has 1 aromatic carbocycles. The minimum absolute atomic E-state index is 0.110. The molecule has 0 aliphatic carbocycles. The molecule has 5 heteroatoms. The molecular weight excluding hydrogens is 234 g/mol. The molecule has 0 spiro atoms. The van der Waals surface area contributed by atoms with E-state index in [1.54, 1.807) is 25.3 Å². The van der Waals surface area contributed by atoms with Gasteiger partial charge in [0.15, 0.2) is 6.29 Å². The van der Waals surface area contributed by atoms with Crippen molar-refractivity contribution in [2.24, 2.45) is 5.92 Å². The van der Waals surface area contributed by atoms with Gasteiger partial charge in [-0.1, -0.05) is 0 Å². The van der Waals surface area contributed by atoms with Crippen molar-refractivity contribution in [3.05, 3.63) is 23.8 Å². The van der Waals surface area contributed by atoms with E-state index in [2.05, 4.69) is 4.74 Å². The fraction of sp³-hybridized carbons (Fsp3) is 0.385. The van der Waals surface area contributed by atoms with Crippen LogP contribution in [0, 0.1) is 5.92 Å². The maximum atomic E-state index is 11.3. The Hall–Kier alpha value is -2.04. The fourth-order valence-corrected chi connectivity index (χ4v) is 2.01. The molecule has 1 heterocycles. The lowest BCUT2D eigenvalue weighted by atomic mass is 9.98. The molecule has 18 heavy (non-hydrogen) atoms. The van der Waals surface area contributed by atoms with E-state index in [-0.39, 0.29) is 11.9 Å². The van der Waals surface area contributed by atoms with Crippen LogP contribution in [0.3, 0.4) is 0 Å². The summed E-state index contributed by atoms with van der Waals surface area (Å²) in [6.45, 7) is 1.14. The van der Waals surface area contributed by atoms with E-state index in [1.807, 2.05) is 4.90 Å². The van der Waals surface area contributed by atoms with E-state index in [0.717, 1.165) is 12.0 Å². The molecule has 0 N–H and O–H groups in total. The number of hydrogen-bond acceptors (Lipinski definition) is 5. The SMILES string of the molecule is COC(=O)C1CN(c2cc(OC)ccc2C=O)C1. The largest absolute Gasteiger partial charge is 0.497 e. The van der Waals surface area contributed by atoms with E-state index in [9.17, 15) is 9.59 Å². The zero-order chi connectivity index (χ0) is 13.1. The summed E-state index contributed by atoms with van der Waals surface area (Å²) < 4.78 is 9.81. The normalized spacial score (nSPS) is 14.9. The van der Waals surface area contributed by atoms with Gasteiger partial charge < -0.3 is 14.4 Å². The Morgan fingerprint density at radius 1 is 1.39 bits per heavy atom. The van der Waals surface area contributed by atoms with Gasteiger partial charge in [0.1, 0.15) is 5.75 Å². The summed E-state index contributed by atoms with van der Waals surface area (Å²) in [5, 5.41) is 0. The van der Waals surface area contributed by atoms with Gasteiger partial charge in [-0.2, -0.15) is 0 Å². The molecule has 0 amide bonds. The third kappa shape index (κ3) is 2.16. The summed E-state index contributed by atoms with van der Waals surface area (Å²) in [5.41, 5.74) is 1.39. The lowest BCUT2D eigenvalue weighted by molar-refractivity contribution is -0.146. The number of ether oxygens (including phenoxy) is 2. The van der Waals surface area contributed by atoms with Gasteiger partial charge in [0.25, 0.3) is 0 Å². The van der Waals surface area contributed by atoms with Crippen molar-refractivity contribution in [2.75, 3.05) is 32.2 Å². The number of methoxy groups -OCH3 is 2. The molecule has 0 atom stereocenters. The summed E-state index contributed by atoms with van der Waals surface area (Å²) in [5.74, 6) is 0.375. The Morgan fingerprint density at radius 2 is 2.11 bits per heavy atom. The van der Waals surface area contributed by atoms with Crippen LogP contribution in [0.1, 0.15) is 10.4 Å². The number of aldehydes is 1. The van der Waals surface area contributed by atoms with Crippen LogP contribution in [0.5, 0.6) is 5.75 Å². The molecule has 96 valence electrons. The molecule has 1 fully saturated rings. The first-order valence-corrected chi connectivity index (χ1v) is 5.65. The Balaban J connectivity index is 2.14. The molecular formula is C13H15NO4. The number of anilines is 1. The van der Waals surface area contributed by atoms with Crippen LogP contribution in [-0.4, -0.2) is 39.6 Å². The van der Waals surface area contributed by atoms with Gasteiger partial charge in [0.05, 0.1) is 25.8 Å². The predicted octanol–water partition coefficient (Wildman–Crippen LogP) is 1.12. The van der Waals surface area contributed by atoms with Gasteiger partial charge in [-0.05, 0) is 12.1 Å². The molecule has 2 rings (SSSR count). The summed E-state index contributed by atoms with van der Waals surface area (Å²) in [6.07, 6.45) is 0.806. The zero-order valence-electron chi connectivity index (χ0n) is 10.4. The summed E-state index contributed by atoms with van der Waals surface area (Å²) >= 11 is 0. The third-order valence-electron chi connectivity index (χ3n) is 3.12. The van der Waals surface area contributed by atoms with Crippen molar-refractivity contribution in [3.8, 4) is 5.75 Å². The van der Waals surface area contributed by atoms with Crippen LogP contribution in [0.4, 0.5) is 5.69 Å². The highest BCUT2D eigenvalue weighted by atomic mass is 16.5. The van der Waals surface area contributed by atoms with Crippen LogP contribution >= 0.6 is 0 Å². The van der Waals surface area contributed by atoms with Crippen molar-refractivity contribution < 1.29 is 19.1 Å². The topological polar surface area (TPSA) is 55.8 Å². The highest BCUT2D eigenvalue weighted by molar-refractivity contribution is 5.87. The van der Waals surface area contributed by atoms with Crippen molar-refractivity contribution in [1.29, 1.82) is 0 Å². The fourth-order valence-electron chi connectivity index (χ4n) is 2.01. The Morgan fingerprint density at radius 3 is 2.67 bits per heavy atom. The monoisotopic (exact) mass is 249 g/mol. The molecule has 0 bridgehead atoms. The van der Waals surface area contributed by atoms with Crippen molar-refractivity contribution in [2.45, 2.75) is 0 Å². The van der Waals surface area contributed by atoms with E-state index < -0.39 is 0 Å². The van der Waals surface area contributed by atoms with E-state index in [4.69, 9.17) is 4.74 Å². The number of esters is 1. The first-order valence-electron chi connectivity index (χ1n) is 5.65. The number of rotatable bonds is 4. The van der Waals surface area contributed by atoms with Gasteiger partial charge >= 0.3 is 5.97 Å². The molecule has 0 radical (unpaired) electrons. The van der Waals surface area contributed by atoms with Gasteiger partial charge in [-0.25, -0.2) is 0 Å². The first kappa shape index (κ1) is 12.4. The molecule has 1 aliphatic heterocycles. The third-order valence-corrected chi connectivity index (χ3v) is 3.12. The molecule has 5 nitrogen and oxygen atoms in total. The molecule has 1 aromatic rings.